The number of anilines is 1. The minimum atomic E-state index is -0.249. The molecule has 0 radical (unpaired) electrons. The maximum atomic E-state index is 12.0. The van der Waals surface area contributed by atoms with Crippen molar-refractivity contribution in [1.29, 1.82) is 5.41 Å². The average Bonchev–Trinajstić information content (AvgIpc) is 2.87. The van der Waals surface area contributed by atoms with Gasteiger partial charge >= 0.3 is 0 Å². The number of rotatable bonds is 4. The van der Waals surface area contributed by atoms with Crippen molar-refractivity contribution >= 4 is 28.5 Å². The Balaban J connectivity index is 1.75. The second kappa shape index (κ2) is 5.80. The zero-order valence-corrected chi connectivity index (χ0v) is 12.1. The first kappa shape index (κ1) is 14.6. The summed E-state index contributed by atoms with van der Waals surface area (Å²) in [6.45, 7) is 0. The first-order chi connectivity index (χ1) is 11.0. The van der Waals surface area contributed by atoms with E-state index in [4.69, 9.17) is 11.1 Å². The van der Waals surface area contributed by atoms with Crippen LogP contribution in [0.4, 0.5) is 5.69 Å². The van der Waals surface area contributed by atoms with E-state index >= 15 is 0 Å². The molecular weight excluding hydrogens is 294 g/mol. The number of fused-ring (bicyclic) bond motifs is 1. The Hall–Kier alpha value is -3.35. The van der Waals surface area contributed by atoms with Crippen molar-refractivity contribution in [2.45, 2.75) is 6.42 Å². The summed E-state index contributed by atoms with van der Waals surface area (Å²) in [6.07, 6.45) is 0.0692. The number of hydrogen-bond donors (Lipinski definition) is 5. The van der Waals surface area contributed by atoms with E-state index in [1.807, 2.05) is 0 Å². The van der Waals surface area contributed by atoms with Gasteiger partial charge in [0, 0.05) is 17.3 Å². The molecule has 0 saturated heterocycles. The van der Waals surface area contributed by atoms with Crippen LogP contribution in [0.5, 0.6) is 5.75 Å². The predicted octanol–water partition coefficient (Wildman–Crippen LogP) is 1.73. The lowest BCUT2D eigenvalue weighted by molar-refractivity contribution is -0.115. The van der Waals surface area contributed by atoms with E-state index in [0.717, 1.165) is 5.52 Å². The number of carbonyl (C=O) groups excluding carboxylic acids is 1. The van der Waals surface area contributed by atoms with Gasteiger partial charge in [0.1, 0.15) is 17.4 Å². The molecule has 1 heterocycles. The molecule has 6 N–H and O–H groups in total. The summed E-state index contributed by atoms with van der Waals surface area (Å²) in [5.74, 6) is 0.327. The summed E-state index contributed by atoms with van der Waals surface area (Å²) >= 11 is 0. The third kappa shape index (κ3) is 3.29. The lowest BCUT2D eigenvalue weighted by Gasteiger charge is -2.04. The monoisotopic (exact) mass is 309 g/mol. The highest BCUT2D eigenvalue weighted by Crippen LogP contribution is 2.17. The third-order valence-corrected chi connectivity index (χ3v) is 3.30. The second-order valence-electron chi connectivity index (χ2n) is 5.10. The van der Waals surface area contributed by atoms with Gasteiger partial charge in [-0.1, -0.05) is 6.07 Å². The zero-order valence-electron chi connectivity index (χ0n) is 12.1. The minimum Gasteiger partial charge on any atom is -0.508 e. The minimum absolute atomic E-state index is 0.0234. The van der Waals surface area contributed by atoms with Crippen LogP contribution in [0.2, 0.25) is 0 Å². The Labute approximate surface area is 131 Å². The normalized spacial score (nSPS) is 10.6. The second-order valence-corrected chi connectivity index (χ2v) is 5.10. The quantitative estimate of drug-likeness (QED) is 0.371. The summed E-state index contributed by atoms with van der Waals surface area (Å²) in [5.41, 5.74) is 7.99. The molecule has 0 aliphatic carbocycles. The maximum Gasteiger partial charge on any atom is 0.231 e. The fourth-order valence-corrected chi connectivity index (χ4v) is 2.25. The molecule has 3 rings (SSSR count). The Morgan fingerprint density at radius 2 is 2.13 bits per heavy atom. The van der Waals surface area contributed by atoms with Gasteiger partial charge in [-0.3, -0.25) is 10.2 Å². The molecule has 0 atom stereocenters. The van der Waals surface area contributed by atoms with E-state index in [2.05, 4.69) is 15.3 Å². The highest BCUT2D eigenvalue weighted by Gasteiger charge is 2.10. The van der Waals surface area contributed by atoms with E-state index in [-0.39, 0.29) is 23.9 Å². The number of H-pyrrole nitrogens is 1. The van der Waals surface area contributed by atoms with E-state index < -0.39 is 0 Å². The lowest BCUT2D eigenvalue weighted by atomic mass is 10.2. The number of amidine groups is 1. The van der Waals surface area contributed by atoms with Crippen molar-refractivity contribution in [3.63, 3.8) is 0 Å². The van der Waals surface area contributed by atoms with Crippen LogP contribution < -0.4 is 11.1 Å². The van der Waals surface area contributed by atoms with Gasteiger partial charge in [-0.15, -0.1) is 0 Å². The first-order valence-corrected chi connectivity index (χ1v) is 6.93. The molecule has 7 heteroatoms. The number of nitrogens with zero attached hydrogens (tertiary/aromatic N) is 1. The lowest BCUT2D eigenvalue weighted by Crippen LogP contribution is -2.15. The van der Waals surface area contributed by atoms with Gasteiger partial charge in [0.05, 0.1) is 17.5 Å². The highest BCUT2D eigenvalue weighted by molar-refractivity contribution is 5.98. The Bertz CT molecular complexity index is 900. The van der Waals surface area contributed by atoms with Crippen LogP contribution in [-0.2, 0) is 11.2 Å². The average molecular weight is 309 g/mol. The Morgan fingerprint density at radius 1 is 1.30 bits per heavy atom. The fourth-order valence-electron chi connectivity index (χ4n) is 2.25. The SMILES string of the molecule is N=C(N)c1ccc2nc(CC(=O)Nc3cccc(O)c3)[nH]c2c1. The standard InChI is InChI=1S/C16H15N5O2/c17-16(18)9-4-5-12-13(6-9)21-14(20-12)8-15(23)19-10-2-1-3-11(22)7-10/h1-7,22H,8H2,(H3,17,18)(H,19,23)(H,20,21). The molecule has 7 nitrogen and oxygen atoms in total. The molecule has 1 aromatic heterocycles. The maximum absolute atomic E-state index is 12.0. The third-order valence-electron chi connectivity index (χ3n) is 3.30. The number of hydrogen-bond acceptors (Lipinski definition) is 4. The number of aromatic amines is 1. The van der Waals surface area contributed by atoms with E-state index in [0.29, 0.717) is 22.6 Å². The predicted molar refractivity (Wildman–Crippen MR) is 87.6 cm³/mol. The van der Waals surface area contributed by atoms with Crippen LogP contribution in [0, 0.1) is 5.41 Å². The van der Waals surface area contributed by atoms with Crippen LogP contribution in [0.25, 0.3) is 11.0 Å². The summed E-state index contributed by atoms with van der Waals surface area (Å²) in [4.78, 5) is 19.4. The number of nitrogens with two attached hydrogens (primary N) is 1. The number of aromatic hydroxyl groups is 1. The van der Waals surface area contributed by atoms with Crippen LogP contribution in [0.3, 0.4) is 0 Å². The molecule has 0 saturated carbocycles. The van der Waals surface area contributed by atoms with Crippen molar-refractivity contribution in [3.05, 3.63) is 53.9 Å². The molecule has 0 bridgehead atoms. The molecule has 0 unspecified atom stereocenters. The van der Waals surface area contributed by atoms with Crippen LogP contribution in [-0.4, -0.2) is 26.8 Å². The van der Waals surface area contributed by atoms with Crippen LogP contribution in [0.15, 0.2) is 42.5 Å². The Morgan fingerprint density at radius 3 is 2.87 bits per heavy atom. The first-order valence-electron chi connectivity index (χ1n) is 6.93. The van der Waals surface area contributed by atoms with Gasteiger partial charge < -0.3 is 21.1 Å². The molecule has 23 heavy (non-hydrogen) atoms. The van der Waals surface area contributed by atoms with E-state index in [1.54, 1.807) is 30.3 Å². The summed E-state index contributed by atoms with van der Waals surface area (Å²) in [7, 11) is 0. The Kier molecular flexibility index (Phi) is 3.68. The van der Waals surface area contributed by atoms with Gasteiger partial charge in [-0.25, -0.2) is 4.98 Å². The van der Waals surface area contributed by atoms with Gasteiger partial charge in [-0.2, -0.15) is 0 Å². The molecule has 3 aromatic rings. The summed E-state index contributed by atoms with van der Waals surface area (Å²) < 4.78 is 0. The molecule has 0 fully saturated rings. The molecule has 2 aromatic carbocycles. The fraction of sp³-hybridized carbons (Fsp3) is 0.0625. The molecule has 1 amide bonds. The molecule has 0 aliphatic rings. The number of carbonyl (C=O) groups is 1. The highest BCUT2D eigenvalue weighted by atomic mass is 16.3. The van der Waals surface area contributed by atoms with Gasteiger partial charge in [0.25, 0.3) is 0 Å². The van der Waals surface area contributed by atoms with Gasteiger partial charge in [0.2, 0.25) is 5.91 Å². The van der Waals surface area contributed by atoms with Crippen molar-refractivity contribution in [2.75, 3.05) is 5.32 Å². The summed E-state index contributed by atoms with van der Waals surface area (Å²) in [5, 5.41) is 19.5. The van der Waals surface area contributed by atoms with Crippen LogP contribution >= 0.6 is 0 Å². The number of phenols is 1. The number of phenolic OH excluding ortho intramolecular Hbond substituents is 1. The van der Waals surface area contributed by atoms with Gasteiger partial charge in [-0.05, 0) is 30.3 Å². The number of benzene rings is 2. The summed E-state index contributed by atoms with van der Waals surface area (Å²) in [6, 6.07) is 11.5. The van der Waals surface area contributed by atoms with Crippen molar-refractivity contribution in [2.24, 2.45) is 5.73 Å². The van der Waals surface area contributed by atoms with E-state index in [1.165, 1.54) is 12.1 Å². The zero-order chi connectivity index (χ0) is 16.4. The number of aromatic nitrogens is 2. The van der Waals surface area contributed by atoms with Crippen molar-refractivity contribution < 1.29 is 9.90 Å². The van der Waals surface area contributed by atoms with E-state index in [9.17, 15) is 9.90 Å². The number of nitrogen functional groups attached to an aromatic ring is 1. The smallest absolute Gasteiger partial charge is 0.231 e. The molecule has 116 valence electrons. The number of imidazole rings is 1. The number of amides is 1. The largest absolute Gasteiger partial charge is 0.508 e. The molecule has 0 aliphatic heterocycles. The van der Waals surface area contributed by atoms with Gasteiger partial charge in [0.15, 0.2) is 0 Å². The van der Waals surface area contributed by atoms with Crippen LogP contribution in [0.1, 0.15) is 11.4 Å². The molecular formula is C16H15N5O2. The van der Waals surface area contributed by atoms with Crippen molar-refractivity contribution in [1.82, 2.24) is 9.97 Å². The number of nitrogens with one attached hydrogen (secondary N) is 3. The van der Waals surface area contributed by atoms with Crippen molar-refractivity contribution in [3.8, 4) is 5.75 Å². The molecule has 0 spiro atoms. The topological polar surface area (TPSA) is 128 Å².